The third-order valence-electron chi connectivity index (χ3n) is 4.25. The van der Waals surface area contributed by atoms with Crippen molar-refractivity contribution in [3.63, 3.8) is 0 Å². The van der Waals surface area contributed by atoms with Gasteiger partial charge >= 0.3 is 0 Å². The van der Waals surface area contributed by atoms with Crippen LogP contribution in [-0.2, 0) is 26.3 Å². The molecule has 1 unspecified atom stereocenters. The van der Waals surface area contributed by atoms with Gasteiger partial charge in [-0.25, -0.2) is 0 Å². The van der Waals surface area contributed by atoms with Gasteiger partial charge in [0.15, 0.2) is 0 Å². The van der Waals surface area contributed by atoms with Gasteiger partial charge in [0.1, 0.15) is 0 Å². The molecule has 1 aromatic heterocycles. The standard InChI is InChI=1S/C16H20N2O/c1-18-15(8-9-17-18)6-7-16(19)14-10-12-4-2-3-5-13(12)11-14/h2-5,8-9,14,16,19H,6-7,10-11H2,1H3. The van der Waals surface area contributed by atoms with Crippen LogP contribution in [0.2, 0.25) is 0 Å². The van der Waals surface area contributed by atoms with Gasteiger partial charge in [-0.3, -0.25) is 4.68 Å². The van der Waals surface area contributed by atoms with Crippen LogP contribution in [0.5, 0.6) is 0 Å². The molecule has 0 aliphatic heterocycles. The number of rotatable bonds is 4. The summed E-state index contributed by atoms with van der Waals surface area (Å²) in [4.78, 5) is 0. The van der Waals surface area contributed by atoms with E-state index in [-0.39, 0.29) is 6.10 Å². The summed E-state index contributed by atoms with van der Waals surface area (Å²) in [6, 6.07) is 10.6. The molecule has 1 N–H and O–H groups in total. The zero-order valence-electron chi connectivity index (χ0n) is 11.3. The third-order valence-corrected chi connectivity index (χ3v) is 4.25. The lowest BCUT2D eigenvalue weighted by Crippen LogP contribution is -2.22. The fourth-order valence-corrected chi connectivity index (χ4v) is 3.04. The van der Waals surface area contributed by atoms with E-state index in [1.54, 1.807) is 0 Å². The van der Waals surface area contributed by atoms with Gasteiger partial charge in [0, 0.05) is 18.9 Å². The summed E-state index contributed by atoms with van der Waals surface area (Å²) < 4.78 is 1.89. The lowest BCUT2D eigenvalue weighted by molar-refractivity contribution is 0.103. The molecular weight excluding hydrogens is 236 g/mol. The number of aliphatic hydroxyl groups excluding tert-OH is 1. The maximum absolute atomic E-state index is 10.4. The third kappa shape index (κ3) is 2.56. The summed E-state index contributed by atoms with van der Waals surface area (Å²) in [5.41, 5.74) is 4.01. The van der Waals surface area contributed by atoms with Crippen molar-refractivity contribution in [2.45, 2.75) is 31.8 Å². The van der Waals surface area contributed by atoms with Crippen LogP contribution < -0.4 is 0 Å². The summed E-state index contributed by atoms with van der Waals surface area (Å²) in [7, 11) is 1.95. The Kier molecular flexibility index (Phi) is 3.38. The van der Waals surface area contributed by atoms with Crippen LogP contribution >= 0.6 is 0 Å². The number of hydrogen-bond acceptors (Lipinski definition) is 2. The summed E-state index contributed by atoms with van der Waals surface area (Å²) in [6.07, 6.45) is 5.34. The van der Waals surface area contributed by atoms with Gasteiger partial charge in [0.05, 0.1) is 6.10 Å². The van der Waals surface area contributed by atoms with E-state index in [1.807, 2.05) is 24.0 Å². The lowest BCUT2D eigenvalue weighted by atomic mass is 9.95. The van der Waals surface area contributed by atoms with Crippen molar-refractivity contribution in [2.24, 2.45) is 13.0 Å². The van der Waals surface area contributed by atoms with Gasteiger partial charge in [-0.15, -0.1) is 0 Å². The van der Waals surface area contributed by atoms with E-state index < -0.39 is 0 Å². The molecule has 0 saturated heterocycles. The maximum Gasteiger partial charge on any atom is 0.0578 e. The number of aryl methyl sites for hydroxylation is 2. The van der Waals surface area contributed by atoms with Crippen molar-refractivity contribution in [3.8, 4) is 0 Å². The van der Waals surface area contributed by atoms with Crippen molar-refractivity contribution in [2.75, 3.05) is 0 Å². The molecular formula is C16H20N2O. The van der Waals surface area contributed by atoms with Crippen molar-refractivity contribution in [1.82, 2.24) is 9.78 Å². The van der Waals surface area contributed by atoms with E-state index in [2.05, 4.69) is 29.4 Å². The van der Waals surface area contributed by atoms with Gasteiger partial charge in [-0.1, -0.05) is 24.3 Å². The summed E-state index contributed by atoms with van der Waals surface area (Å²) in [6.45, 7) is 0. The highest BCUT2D eigenvalue weighted by molar-refractivity contribution is 5.32. The highest BCUT2D eigenvalue weighted by Crippen LogP contribution is 2.30. The second-order valence-corrected chi connectivity index (χ2v) is 5.49. The van der Waals surface area contributed by atoms with Gasteiger partial charge in [-0.05, 0) is 48.8 Å². The first-order valence-electron chi connectivity index (χ1n) is 6.96. The fourth-order valence-electron chi connectivity index (χ4n) is 3.04. The summed E-state index contributed by atoms with van der Waals surface area (Å²) >= 11 is 0. The number of aliphatic hydroxyl groups is 1. The minimum Gasteiger partial charge on any atom is -0.393 e. The molecule has 2 aromatic rings. The molecule has 0 spiro atoms. The van der Waals surface area contributed by atoms with Crippen LogP contribution in [-0.4, -0.2) is 21.0 Å². The molecule has 1 heterocycles. The Bertz CT molecular complexity index is 536. The zero-order valence-corrected chi connectivity index (χ0v) is 11.3. The number of benzene rings is 1. The van der Waals surface area contributed by atoms with E-state index in [9.17, 15) is 5.11 Å². The Labute approximate surface area is 113 Å². The van der Waals surface area contributed by atoms with Gasteiger partial charge < -0.3 is 5.11 Å². The lowest BCUT2D eigenvalue weighted by Gasteiger charge is -2.17. The largest absolute Gasteiger partial charge is 0.393 e. The monoisotopic (exact) mass is 256 g/mol. The quantitative estimate of drug-likeness (QED) is 0.910. The molecule has 0 amide bonds. The molecule has 1 atom stereocenters. The highest BCUT2D eigenvalue weighted by Gasteiger charge is 2.26. The molecule has 19 heavy (non-hydrogen) atoms. The van der Waals surface area contributed by atoms with Crippen LogP contribution in [0.3, 0.4) is 0 Å². The molecule has 0 saturated carbocycles. The minimum absolute atomic E-state index is 0.220. The van der Waals surface area contributed by atoms with E-state index in [0.717, 1.165) is 25.7 Å². The van der Waals surface area contributed by atoms with Crippen LogP contribution in [0.4, 0.5) is 0 Å². The zero-order chi connectivity index (χ0) is 13.2. The first kappa shape index (κ1) is 12.4. The Morgan fingerprint density at radius 2 is 1.95 bits per heavy atom. The molecule has 1 aliphatic carbocycles. The minimum atomic E-state index is -0.220. The highest BCUT2D eigenvalue weighted by atomic mass is 16.3. The average Bonchev–Trinajstić information content (AvgIpc) is 3.01. The molecule has 1 aromatic carbocycles. The predicted octanol–water partition coefficient (Wildman–Crippen LogP) is 2.13. The maximum atomic E-state index is 10.4. The predicted molar refractivity (Wildman–Crippen MR) is 74.9 cm³/mol. The molecule has 3 nitrogen and oxygen atoms in total. The Morgan fingerprint density at radius 1 is 1.26 bits per heavy atom. The molecule has 0 radical (unpaired) electrons. The van der Waals surface area contributed by atoms with Gasteiger partial charge in [-0.2, -0.15) is 5.10 Å². The normalized spacial score (nSPS) is 16.5. The van der Waals surface area contributed by atoms with Crippen LogP contribution in [0.15, 0.2) is 36.5 Å². The smallest absolute Gasteiger partial charge is 0.0578 e. The molecule has 3 heteroatoms. The van der Waals surface area contributed by atoms with Crippen LogP contribution in [0.1, 0.15) is 23.2 Å². The van der Waals surface area contributed by atoms with E-state index in [4.69, 9.17) is 0 Å². The molecule has 0 bridgehead atoms. The Morgan fingerprint density at radius 3 is 2.53 bits per heavy atom. The van der Waals surface area contributed by atoms with Gasteiger partial charge in [0.2, 0.25) is 0 Å². The van der Waals surface area contributed by atoms with Crippen molar-refractivity contribution >= 4 is 0 Å². The Hall–Kier alpha value is -1.61. The first-order chi connectivity index (χ1) is 9.24. The SMILES string of the molecule is Cn1nccc1CCC(O)C1Cc2ccccc2C1. The van der Waals surface area contributed by atoms with Crippen molar-refractivity contribution in [3.05, 3.63) is 53.3 Å². The first-order valence-corrected chi connectivity index (χ1v) is 6.96. The average molecular weight is 256 g/mol. The second-order valence-electron chi connectivity index (χ2n) is 5.49. The molecule has 100 valence electrons. The summed E-state index contributed by atoms with van der Waals surface area (Å²) in [5, 5.41) is 14.5. The number of hydrogen-bond donors (Lipinski definition) is 1. The summed E-state index contributed by atoms with van der Waals surface area (Å²) in [5.74, 6) is 0.380. The van der Waals surface area contributed by atoms with Crippen molar-refractivity contribution in [1.29, 1.82) is 0 Å². The number of aromatic nitrogens is 2. The second kappa shape index (κ2) is 5.17. The van der Waals surface area contributed by atoms with Crippen molar-refractivity contribution < 1.29 is 5.11 Å². The number of nitrogens with zero attached hydrogens (tertiary/aromatic N) is 2. The molecule has 0 fully saturated rings. The Balaban J connectivity index is 1.58. The van der Waals surface area contributed by atoms with E-state index in [0.29, 0.717) is 5.92 Å². The van der Waals surface area contributed by atoms with Gasteiger partial charge in [0.25, 0.3) is 0 Å². The van der Waals surface area contributed by atoms with Crippen LogP contribution in [0.25, 0.3) is 0 Å². The fraction of sp³-hybridized carbons (Fsp3) is 0.438. The van der Waals surface area contributed by atoms with E-state index in [1.165, 1.54) is 16.8 Å². The van der Waals surface area contributed by atoms with Crippen LogP contribution in [0, 0.1) is 5.92 Å². The topological polar surface area (TPSA) is 38.0 Å². The molecule has 1 aliphatic rings. The number of fused-ring (bicyclic) bond motifs is 1. The van der Waals surface area contributed by atoms with E-state index >= 15 is 0 Å². The molecule has 3 rings (SSSR count).